The Hall–Kier alpha value is -2.54. The number of pyridine rings is 1. The van der Waals surface area contributed by atoms with Gasteiger partial charge in [0.05, 0.1) is 37.4 Å². The number of aromatic nitrogens is 1. The number of nitrogens with two attached hydrogens (primary N) is 1. The number of piperidine rings is 1. The fourth-order valence-electron chi connectivity index (χ4n) is 6.97. The third-order valence-corrected chi connectivity index (χ3v) is 11.0. The highest BCUT2D eigenvalue weighted by Crippen LogP contribution is 2.49. The van der Waals surface area contributed by atoms with E-state index in [1.807, 2.05) is 23.2 Å². The van der Waals surface area contributed by atoms with Gasteiger partial charge in [-0.1, -0.05) is 11.6 Å². The van der Waals surface area contributed by atoms with Gasteiger partial charge in [0.2, 0.25) is 17.7 Å². The van der Waals surface area contributed by atoms with Gasteiger partial charge in [-0.2, -0.15) is 0 Å². The minimum Gasteiger partial charge on any atom is -0.378 e. The summed E-state index contributed by atoms with van der Waals surface area (Å²) in [6, 6.07) is 6.37. The average molecular weight is 656 g/mol. The molecule has 2 N–H and O–H groups in total. The molecule has 1 saturated carbocycles. The Balaban J connectivity index is 1.15. The minimum absolute atomic E-state index is 0.00650. The first kappa shape index (κ1) is 32.4. The van der Waals surface area contributed by atoms with Crippen molar-refractivity contribution in [3.8, 4) is 11.1 Å². The first-order valence-electron chi connectivity index (χ1n) is 15.8. The minimum atomic E-state index is -0.0817. The second-order valence-corrected chi connectivity index (χ2v) is 14.4. The number of nitrogens with zero attached hydrogens (tertiary/aromatic N) is 4. The molecule has 12 heteroatoms. The molecule has 0 radical (unpaired) electrons. The molecular weight excluding hydrogens is 614 g/mol. The van der Waals surface area contributed by atoms with Gasteiger partial charge in [0.15, 0.2) is 0 Å². The smallest absolute Gasteiger partial charge is 0.248 e. The zero-order valence-electron chi connectivity index (χ0n) is 26.2. The number of ether oxygens (including phenoxy) is 2. The fourth-order valence-corrected chi connectivity index (χ4v) is 8.62. The van der Waals surface area contributed by atoms with Crippen LogP contribution >= 0.6 is 23.4 Å². The van der Waals surface area contributed by atoms with Gasteiger partial charge >= 0.3 is 0 Å². The van der Waals surface area contributed by atoms with Crippen LogP contribution in [-0.4, -0.2) is 107 Å². The SMILES string of the molecule is Cc1cc(Cl)cc(-c2ccnc3c2SC(CN2C(=O)C4CC4C2=O)C3)c1CN1[C@@H](C)CN(C(=O)COCCOCCN)C[C@@H]1C. The number of imide groups is 1. The van der Waals surface area contributed by atoms with Crippen LogP contribution < -0.4 is 5.73 Å². The molecule has 1 aliphatic carbocycles. The number of carbonyl (C=O) groups is 3. The van der Waals surface area contributed by atoms with Crippen LogP contribution in [0.5, 0.6) is 0 Å². The predicted molar refractivity (Wildman–Crippen MR) is 173 cm³/mol. The quantitative estimate of drug-likeness (QED) is 0.272. The van der Waals surface area contributed by atoms with Gasteiger partial charge in [0.25, 0.3) is 0 Å². The van der Waals surface area contributed by atoms with Crippen molar-refractivity contribution in [2.24, 2.45) is 17.6 Å². The molecule has 3 aliphatic heterocycles. The molecule has 6 rings (SSSR count). The Kier molecular flexibility index (Phi) is 9.84. The van der Waals surface area contributed by atoms with E-state index in [4.69, 9.17) is 31.8 Å². The molecule has 45 heavy (non-hydrogen) atoms. The zero-order chi connectivity index (χ0) is 31.8. The molecule has 3 amide bonds. The van der Waals surface area contributed by atoms with Gasteiger partial charge in [-0.3, -0.25) is 29.2 Å². The maximum Gasteiger partial charge on any atom is 0.248 e. The number of aryl methyl sites for hydroxylation is 1. The van der Waals surface area contributed by atoms with Crippen LogP contribution in [0.15, 0.2) is 29.3 Å². The summed E-state index contributed by atoms with van der Waals surface area (Å²) in [7, 11) is 0. The lowest BCUT2D eigenvalue weighted by Crippen LogP contribution is -2.58. The molecule has 1 aromatic heterocycles. The maximum atomic E-state index is 12.9. The van der Waals surface area contributed by atoms with Gasteiger partial charge in [-0.25, -0.2) is 0 Å². The lowest BCUT2D eigenvalue weighted by atomic mass is 9.94. The molecule has 3 fully saturated rings. The number of benzene rings is 1. The lowest BCUT2D eigenvalue weighted by molar-refractivity contribution is -0.142. The molecule has 4 aliphatic rings. The Morgan fingerprint density at radius 2 is 1.78 bits per heavy atom. The van der Waals surface area contributed by atoms with Crippen molar-refractivity contribution in [2.75, 3.05) is 52.6 Å². The van der Waals surface area contributed by atoms with Crippen molar-refractivity contribution < 1.29 is 23.9 Å². The van der Waals surface area contributed by atoms with Crippen LogP contribution in [0.4, 0.5) is 0 Å². The molecule has 4 heterocycles. The number of carbonyl (C=O) groups excluding carboxylic acids is 3. The third kappa shape index (κ3) is 6.80. The topological polar surface area (TPSA) is 118 Å². The van der Waals surface area contributed by atoms with E-state index in [0.717, 1.165) is 33.7 Å². The second-order valence-electron chi connectivity index (χ2n) is 12.7. The average Bonchev–Trinajstić information content (AvgIpc) is 3.64. The van der Waals surface area contributed by atoms with Crippen LogP contribution in [0.3, 0.4) is 0 Å². The molecule has 2 saturated heterocycles. The highest BCUT2D eigenvalue weighted by atomic mass is 35.5. The third-order valence-electron chi connectivity index (χ3n) is 9.41. The zero-order valence-corrected chi connectivity index (χ0v) is 27.7. The second kappa shape index (κ2) is 13.7. The lowest BCUT2D eigenvalue weighted by Gasteiger charge is -2.45. The summed E-state index contributed by atoms with van der Waals surface area (Å²) < 4.78 is 10.9. The summed E-state index contributed by atoms with van der Waals surface area (Å²) in [4.78, 5) is 49.8. The number of likely N-dealkylation sites (tertiary alicyclic amines) is 1. The van der Waals surface area contributed by atoms with Crippen LogP contribution in [0.1, 0.15) is 37.1 Å². The molecule has 3 unspecified atom stereocenters. The fraction of sp³-hybridized carbons (Fsp3) is 0.576. The van der Waals surface area contributed by atoms with Crippen LogP contribution in [0.25, 0.3) is 11.1 Å². The maximum absolute atomic E-state index is 12.9. The summed E-state index contributed by atoms with van der Waals surface area (Å²) >= 11 is 8.37. The predicted octanol–water partition coefficient (Wildman–Crippen LogP) is 3.15. The molecule has 1 aromatic carbocycles. The summed E-state index contributed by atoms with van der Waals surface area (Å²) in [5.41, 5.74) is 10.9. The molecule has 2 aromatic rings. The molecular formula is C33H42ClN5O5S. The van der Waals surface area contributed by atoms with Crippen LogP contribution in [-0.2, 0) is 36.8 Å². The molecule has 0 bridgehead atoms. The molecule has 0 spiro atoms. The Morgan fingerprint density at radius 3 is 2.49 bits per heavy atom. The van der Waals surface area contributed by atoms with E-state index in [2.05, 4.69) is 31.7 Å². The Labute approximate surface area is 273 Å². The van der Waals surface area contributed by atoms with Crippen molar-refractivity contribution in [3.63, 3.8) is 0 Å². The van der Waals surface area contributed by atoms with Gasteiger partial charge in [0, 0.05) is 72.6 Å². The van der Waals surface area contributed by atoms with Crippen LogP contribution in [0, 0.1) is 18.8 Å². The number of fused-ring (bicyclic) bond motifs is 2. The molecule has 10 nitrogen and oxygen atoms in total. The van der Waals surface area contributed by atoms with Gasteiger partial charge in [-0.15, -0.1) is 11.8 Å². The van der Waals surface area contributed by atoms with E-state index in [-0.39, 0.29) is 53.5 Å². The largest absolute Gasteiger partial charge is 0.378 e. The first-order valence-corrected chi connectivity index (χ1v) is 17.1. The number of hydrogen-bond acceptors (Lipinski definition) is 9. The van der Waals surface area contributed by atoms with Gasteiger partial charge in [-0.05, 0) is 67.6 Å². The van der Waals surface area contributed by atoms with Crippen LogP contribution in [0.2, 0.25) is 5.02 Å². The summed E-state index contributed by atoms with van der Waals surface area (Å²) in [6.45, 7) is 10.6. The van der Waals surface area contributed by atoms with E-state index >= 15 is 0 Å². The van der Waals surface area contributed by atoms with E-state index in [9.17, 15) is 14.4 Å². The van der Waals surface area contributed by atoms with Crippen molar-refractivity contribution in [1.29, 1.82) is 0 Å². The van der Waals surface area contributed by atoms with Crippen molar-refractivity contribution >= 4 is 41.1 Å². The molecule has 5 atom stereocenters. The van der Waals surface area contributed by atoms with Crippen molar-refractivity contribution in [3.05, 3.63) is 46.2 Å². The van der Waals surface area contributed by atoms with Crippen molar-refractivity contribution in [2.45, 2.75) is 62.4 Å². The molecule has 242 valence electrons. The highest BCUT2D eigenvalue weighted by molar-refractivity contribution is 8.00. The number of amides is 3. The normalized spacial score (nSPS) is 26.0. The number of rotatable bonds is 12. The summed E-state index contributed by atoms with van der Waals surface area (Å²) in [6.07, 6.45) is 3.28. The summed E-state index contributed by atoms with van der Waals surface area (Å²) in [5, 5.41) is 0.754. The monoisotopic (exact) mass is 655 g/mol. The van der Waals surface area contributed by atoms with Gasteiger partial charge in [0.1, 0.15) is 6.61 Å². The highest BCUT2D eigenvalue weighted by Gasteiger charge is 2.59. The van der Waals surface area contributed by atoms with E-state index < -0.39 is 0 Å². The Morgan fingerprint density at radius 1 is 1.07 bits per heavy atom. The Bertz CT molecular complexity index is 1440. The number of thioether (sulfide) groups is 1. The van der Waals surface area contributed by atoms with E-state index in [1.54, 1.807) is 11.8 Å². The number of hydrogen-bond donors (Lipinski definition) is 1. The first-order chi connectivity index (χ1) is 21.7. The number of piperazine rings is 1. The van der Waals surface area contributed by atoms with Gasteiger partial charge < -0.3 is 20.1 Å². The standard InChI is InChI=1S/C33H42ClN5O5S/c1-19-10-22(34)11-25(24-4-6-36-29-12-23(45-31(24)29)16-39-32(41)26-13-27(26)33(39)42)28(19)17-38-20(2)14-37(15-21(38)3)30(40)18-44-9-8-43-7-5-35/h4,6,10-11,20-21,23,26-27H,5,7-9,12-18,35H2,1-3H3/t20-,21-,23?,26?,27?/m0/s1. The van der Waals surface area contributed by atoms with Crippen molar-refractivity contribution in [1.82, 2.24) is 19.7 Å². The van der Waals surface area contributed by atoms with E-state index in [1.165, 1.54) is 10.5 Å². The number of halogens is 1. The summed E-state index contributed by atoms with van der Waals surface area (Å²) in [5.74, 6) is -0.187. The van der Waals surface area contributed by atoms with E-state index in [0.29, 0.717) is 64.0 Å².